The maximum Gasteiger partial charge on any atom is 0.308 e. The van der Waals surface area contributed by atoms with E-state index < -0.39 is 30.3 Å². The first kappa shape index (κ1) is 31.8. The Morgan fingerprint density at radius 1 is 0.846 bits per heavy atom. The zero-order chi connectivity index (χ0) is 28.6. The smallest absolute Gasteiger partial charge is 0.308 e. The fourth-order valence-corrected chi connectivity index (χ4v) is 3.71. The van der Waals surface area contributed by atoms with Crippen molar-refractivity contribution >= 4 is 11.9 Å². The van der Waals surface area contributed by atoms with Crippen LogP contribution >= 0.6 is 0 Å². The lowest BCUT2D eigenvalue weighted by molar-refractivity contribution is -0.146. The summed E-state index contributed by atoms with van der Waals surface area (Å²) in [6.07, 6.45) is -0.515. The Bertz CT molecular complexity index is 1030. The van der Waals surface area contributed by atoms with E-state index in [2.05, 4.69) is 0 Å². The van der Waals surface area contributed by atoms with Crippen molar-refractivity contribution in [2.24, 2.45) is 0 Å². The number of carbonyl (C=O) groups is 2. The summed E-state index contributed by atoms with van der Waals surface area (Å²) in [5.74, 6) is 0.576. The Labute approximate surface area is 230 Å². The number of hydrogen-bond acceptors (Lipinski definition) is 9. The maximum absolute atomic E-state index is 12.0. The van der Waals surface area contributed by atoms with Crippen LogP contribution in [0.25, 0.3) is 0 Å². The van der Waals surface area contributed by atoms with E-state index in [1.807, 2.05) is 61.5 Å². The minimum atomic E-state index is -1.01. The van der Waals surface area contributed by atoms with E-state index in [1.54, 1.807) is 21.1 Å². The van der Waals surface area contributed by atoms with Crippen molar-refractivity contribution in [1.82, 2.24) is 0 Å². The van der Waals surface area contributed by atoms with Gasteiger partial charge in [0.2, 0.25) is 0 Å². The highest BCUT2D eigenvalue weighted by Gasteiger charge is 2.27. The molecule has 0 spiro atoms. The van der Waals surface area contributed by atoms with Crippen molar-refractivity contribution in [2.75, 3.05) is 27.4 Å². The lowest BCUT2D eigenvalue weighted by Crippen LogP contribution is -2.35. The normalized spacial score (nSPS) is 13.7. The van der Waals surface area contributed by atoms with E-state index in [0.29, 0.717) is 0 Å². The van der Waals surface area contributed by atoms with Gasteiger partial charge in [0.15, 0.2) is 0 Å². The molecule has 0 aliphatic heterocycles. The molecule has 0 aliphatic carbocycles. The van der Waals surface area contributed by atoms with E-state index >= 15 is 0 Å². The molecule has 3 atom stereocenters. The first-order valence-electron chi connectivity index (χ1n) is 12.9. The van der Waals surface area contributed by atoms with Crippen LogP contribution in [0.3, 0.4) is 0 Å². The van der Waals surface area contributed by atoms with E-state index in [4.69, 9.17) is 28.4 Å². The predicted molar refractivity (Wildman–Crippen MR) is 145 cm³/mol. The third kappa shape index (κ3) is 12.3. The van der Waals surface area contributed by atoms with Gasteiger partial charge in [-0.15, -0.1) is 0 Å². The van der Waals surface area contributed by atoms with Crippen LogP contribution in [-0.4, -0.2) is 62.8 Å². The van der Waals surface area contributed by atoms with Gasteiger partial charge in [0.25, 0.3) is 0 Å². The molecule has 0 aliphatic rings. The fourth-order valence-electron chi connectivity index (χ4n) is 3.71. The van der Waals surface area contributed by atoms with Crippen molar-refractivity contribution in [1.29, 1.82) is 0 Å². The topological polar surface area (TPSA) is 110 Å². The number of carbonyl (C=O) groups excluding carboxylic acids is 2. The van der Waals surface area contributed by atoms with Gasteiger partial charge in [0.1, 0.15) is 24.2 Å². The number of aliphatic hydroxyl groups excluding tert-OH is 1. The minimum absolute atomic E-state index is 0.0916. The molecule has 9 nitrogen and oxygen atoms in total. The highest BCUT2D eigenvalue weighted by atomic mass is 16.5. The van der Waals surface area contributed by atoms with Crippen molar-refractivity contribution in [3.8, 4) is 11.5 Å². The Hall–Kier alpha value is -3.40. The van der Waals surface area contributed by atoms with Crippen LogP contribution in [-0.2, 0) is 41.8 Å². The molecule has 0 fully saturated rings. The molecule has 214 valence electrons. The van der Waals surface area contributed by atoms with E-state index in [9.17, 15) is 14.7 Å². The fraction of sp³-hybridized carbons (Fsp3) is 0.467. The van der Waals surface area contributed by atoms with E-state index in [1.165, 1.54) is 6.92 Å². The Morgan fingerprint density at radius 2 is 1.38 bits per heavy atom. The van der Waals surface area contributed by atoms with Crippen molar-refractivity contribution in [3.63, 3.8) is 0 Å². The molecule has 0 radical (unpaired) electrons. The van der Waals surface area contributed by atoms with Gasteiger partial charge in [-0.3, -0.25) is 9.59 Å². The van der Waals surface area contributed by atoms with Gasteiger partial charge in [-0.05, 0) is 54.8 Å². The summed E-state index contributed by atoms with van der Waals surface area (Å²) in [5, 5.41) is 10.7. The van der Waals surface area contributed by atoms with Crippen molar-refractivity contribution < 1.29 is 43.1 Å². The molecule has 0 unspecified atom stereocenters. The molecule has 0 saturated heterocycles. The summed E-state index contributed by atoms with van der Waals surface area (Å²) in [5.41, 5.74) is 2.56. The Kier molecular flexibility index (Phi) is 14.1. The molecule has 9 heteroatoms. The molecule has 39 heavy (non-hydrogen) atoms. The molecule has 0 heterocycles. The van der Waals surface area contributed by atoms with Gasteiger partial charge in [-0.25, -0.2) is 0 Å². The Morgan fingerprint density at radius 3 is 1.87 bits per heavy atom. The van der Waals surface area contributed by atoms with Gasteiger partial charge in [-0.1, -0.05) is 30.3 Å². The Balaban J connectivity index is 2.28. The highest BCUT2D eigenvalue weighted by molar-refractivity contribution is 5.69. The first-order valence-corrected chi connectivity index (χ1v) is 12.9. The summed E-state index contributed by atoms with van der Waals surface area (Å²) < 4.78 is 33.2. The van der Waals surface area contributed by atoms with Crippen LogP contribution in [0.2, 0.25) is 0 Å². The average molecular weight is 545 g/mol. The van der Waals surface area contributed by atoms with Crippen molar-refractivity contribution in [3.05, 3.63) is 71.3 Å². The zero-order valence-electron chi connectivity index (χ0n) is 23.4. The van der Waals surface area contributed by atoms with E-state index in [-0.39, 0.29) is 39.3 Å². The zero-order valence-corrected chi connectivity index (χ0v) is 23.4. The van der Waals surface area contributed by atoms with Gasteiger partial charge < -0.3 is 33.5 Å². The van der Waals surface area contributed by atoms with Crippen LogP contribution in [0.15, 0.2) is 60.2 Å². The quantitative estimate of drug-likeness (QED) is 0.229. The molecule has 0 amide bonds. The first-order chi connectivity index (χ1) is 18.7. The molecule has 1 N–H and O–H groups in total. The molecular weight excluding hydrogens is 504 g/mol. The number of benzene rings is 2. The largest absolute Gasteiger partial charge is 0.497 e. The second-order valence-electron chi connectivity index (χ2n) is 9.01. The van der Waals surface area contributed by atoms with Gasteiger partial charge >= 0.3 is 11.9 Å². The number of methoxy groups -OCH3 is 2. The second-order valence-corrected chi connectivity index (χ2v) is 9.01. The van der Waals surface area contributed by atoms with Crippen LogP contribution in [0, 0.1) is 0 Å². The SMILES string of the molecule is CCOC(=O)C[C@H](O)C[C@@H](OCc1ccc(OC)cc1)[C@@H](/C=C(/C)COC(C)=O)OCc1ccc(OC)cc1. The molecule has 2 aromatic carbocycles. The predicted octanol–water partition coefficient (Wildman–Crippen LogP) is 4.39. The standard InChI is InChI=1S/C30H40O9/c1-6-36-30(33)17-25(32)16-29(39-20-24-9-13-27(35-5)14-10-24)28(15-21(2)18-37-22(3)31)38-19-23-7-11-26(34-4)12-8-23/h7-15,25,28-29,32H,6,16-20H2,1-5H3/b21-15-/t25-,28-,29-/m1/s1. The molecular formula is C30H40O9. The second kappa shape index (κ2) is 17.2. The molecule has 0 aromatic heterocycles. The third-order valence-electron chi connectivity index (χ3n) is 5.75. The van der Waals surface area contributed by atoms with Crippen molar-refractivity contribution in [2.45, 2.75) is 65.1 Å². The highest BCUT2D eigenvalue weighted by Crippen LogP contribution is 2.21. The lowest BCUT2D eigenvalue weighted by Gasteiger charge is -2.28. The summed E-state index contributed by atoms with van der Waals surface area (Å²) >= 11 is 0. The van der Waals surface area contributed by atoms with Crippen LogP contribution < -0.4 is 9.47 Å². The lowest BCUT2D eigenvalue weighted by atomic mass is 10.0. The summed E-state index contributed by atoms with van der Waals surface area (Å²) in [4.78, 5) is 23.3. The van der Waals surface area contributed by atoms with Crippen LogP contribution in [0.5, 0.6) is 11.5 Å². The average Bonchev–Trinajstić information content (AvgIpc) is 2.92. The van der Waals surface area contributed by atoms with E-state index in [0.717, 1.165) is 28.2 Å². The minimum Gasteiger partial charge on any atom is -0.497 e. The number of rotatable bonds is 17. The monoisotopic (exact) mass is 544 g/mol. The maximum atomic E-state index is 12.0. The summed E-state index contributed by atoms with van der Waals surface area (Å²) in [6.45, 7) is 5.69. The molecule has 0 bridgehead atoms. The third-order valence-corrected chi connectivity index (χ3v) is 5.75. The van der Waals surface area contributed by atoms with Crippen LogP contribution in [0.1, 0.15) is 44.7 Å². The number of hydrogen-bond donors (Lipinski definition) is 1. The summed E-state index contributed by atoms with van der Waals surface area (Å²) in [6, 6.07) is 14.9. The molecule has 2 aromatic rings. The molecule has 0 saturated carbocycles. The molecule has 2 rings (SSSR count). The summed E-state index contributed by atoms with van der Waals surface area (Å²) in [7, 11) is 3.20. The van der Waals surface area contributed by atoms with Crippen LogP contribution in [0.4, 0.5) is 0 Å². The number of aliphatic hydroxyl groups is 1. The van der Waals surface area contributed by atoms with Gasteiger partial charge in [0, 0.05) is 13.3 Å². The number of esters is 2. The number of ether oxygens (including phenoxy) is 6. The van der Waals surface area contributed by atoms with Gasteiger partial charge in [-0.2, -0.15) is 0 Å². The van der Waals surface area contributed by atoms with Gasteiger partial charge in [0.05, 0.1) is 52.7 Å².